The Hall–Kier alpha value is -1.36. The van der Waals surface area contributed by atoms with Crippen molar-refractivity contribution in [1.29, 1.82) is 0 Å². The molecule has 0 spiro atoms. The van der Waals surface area contributed by atoms with Crippen molar-refractivity contribution in [1.82, 2.24) is 9.97 Å². The van der Waals surface area contributed by atoms with E-state index >= 15 is 0 Å². The van der Waals surface area contributed by atoms with Gasteiger partial charge in [0.15, 0.2) is 0 Å². The Bertz CT molecular complexity index is 379. The molecule has 5 heteroatoms. The molecule has 2 rings (SSSR count). The summed E-state index contributed by atoms with van der Waals surface area (Å²) in [6, 6.07) is 1.88. The highest BCUT2D eigenvalue weighted by molar-refractivity contribution is 5.48. The smallest absolute Gasteiger partial charge is 0.145 e. The summed E-state index contributed by atoms with van der Waals surface area (Å²) in [5.74, 6) is 9.37. The standard InChI is InChI=1S/C11H19N5/c1-7-4-9(7)6-16(3)11-5-10(15-12)13-8(2)14-11/h5,7,9H,4,6,12H2,1-3H3,(H,13,14,15). The third-order valence-electron chi connectivity index (χ3n) is 3.15. The lowest BCUT2D eigenvalue weighted by Gasteiger charge is -2.18. The summed E-state index contributed by atoms with van der Waals surface area (Å²) >= 11 is 0. The first-order chi connectivity index (χ1) is 7.60. The highest BCUT2D eigenvalue weighted by Gasteiger charge is 2.33. The SMILES string of the molecule is Cc1nc(NN)cc(N(C)CC2CC2C)n1. The number of hydrogen-bond acceptors (Lipinski definition) is 5. The van der Waals surface area contributed by atoms with Crippen LogP contribution in [-0.4, -0.2) is 23.6 Å². The average molecular weight is 221 g/mol. The molecule has 0 aliphatic heterocycles. The van der Waals surface area contributed by atoms with E-state index in [1.54, 1.807) is 0 Å². The van der Waals surface area contributed by atoms with Crippen LogP contribution in [0.15, 0.2) is 6.07 Å². The number of nitrogens with one attached hydrogen (secondary N) is 1. The van der Waals surface area contributed by atoms with E-state index in [2.05, 4.69) is 34.3 Å². The molecular weight excluding hydrogens is 202 g/mol. The molecule has 0 saturated heterocycles. The molecule has 1 aliphatic carbocycles. The zero-order chi connectivity index (χ0) is 11.7. The van der Waals surface area contributed by atoms with Gasteiger partial charge in [0.25, 0.3) is 0 Å². The Morgan fingerprint density at radius 3 is 2.81 bits per heavy atom. The molecule has 1 aliphatic rings. The summed E-state index contributed by atoms with van der Waals surface area (Å²) < 4.78 is 0. The number of aromatic nitrogens is 2. The van der Waals surface area contributed by atoms with Gasteiger partial charge in [-0.1, -0.05) is 6.92 Å². The molecule has 5 nitrogen and oxygen atoms in total. The Labute approximate surface area is 96.0 Å². The van der Waals surface area contributed by atoms with Gasteiger partial charge in [0.2, 0.25) is 0 Å². The molecule has 1 heterocycles. The van der Waals surface area contributed by atoms with Gasteiger partial charge in [0, 0.05) is 19.7 Å². The van der Waals surface area contributed by atoms with Crippen LogP contribution in [0.25, 0.3) is 0 Å². The predicted octanol–water partition coefficient (Wildman–Crippen LogP) is 1.16. The predicted molar refractivity (Wildman–Crippen MR) is 65.1 cm³/mol. The van der Waals surface area contributed by atoms with Crippen molar-refractivity contribution in [3.63, 3.8) is 0 Å². The number of nitrogens with two attached hydrogens (primary N) is 1. The van der Waals surface area contributed by atoms with Gasteiger partial charge in [-0.15, -0.1) is 0 Å². The van der Waals surface area contributed by atoms with E-state index in [1.807, 2.05) is 13.0 Å². The largest absolute Gasteiger partial charge is 0.359 e. The number of hydrazine groups is 1. The van der Waals surface area contributed by atoms with Crippen LogP contribution >= 0.6 is 0 Å². The van der Waals surface area contributed by atoms with Gasteiger partial charge < -0.3 is 10.3 Å². The minimum atomic E-state index is 0.665. The second-order valence-electron chi connectivity index (χ2n) is 4.66. The lowest BCUT2D eigenvalue weighted by Crippen LogP contribution is -2.22. The fraction of sp³-hybridized carbons (Fsp3) is 0.636. The molecule has 0 radical (unpaired) electrons. The molecule has 1 fully saturated rings. The Balaban J connectivity index is 2.09. The number of rotatable bonds is 4. The molecular formula is C11H19N5. The maximum Gasteiger partial charge on any atom is 0.145 e. The minimum absolute atomic E-state index is 0.665. The topological polar surface area (TPSA) is 67.1 Å². The van der Waals surface area contributed by atoms with Crippen molar-refractivity contribution in [2.45, 2.75) is 20.3 Å². The Morgan fingerprint density at radius 2 is 2.25 bits per heavy atom. The van der Waals surface area contributed by atoms with E-state index in [1.165, 1.54) is 6.42 Å². The van der Waals surface area contributed by atoms with Gasteiger partial charge in [-0.3, -0.25) is 0 Å². The first-order valence-corrected chi connectivity index (χ1v) is 5.63. The average Bonchev–Trinajstić information content (AvgIpc) is 2.93. The molecule has 88 valence electrons. The molecule has 0 amide bonds. The quantitative estimate of drug-likeness (QED) is 0.590. The second-order valence-corrected chi connectivity index (χ2v) is 4.66. The summed E-state index contributed by atoms with van der Waals surface area (Å²) in [5.41, 5.74) is 2.56. The minimum Gasteiger partial charge on any atom is -0.359 e. The van der Waals surface area contributed by atoms with Crippen molar-refractivity contribution < 1.29 is 0 Å². The zero-order valence-corrected chi connectivity index (χ0v) is 10.1. The molecule has 1 aromatic heterocycles. The van der Waals surface area contributed by atoms with Gasteiger partial charge >= 0.3 is 0 Å². The Morgan fingerprint density at radius 1 is 1.56 bits per heavy atom. The van der Waals surface area contributed by atoms with Crippen molar-refractivity contribution in [3.8, 4) is 0 Å². The normalized spacial score (nSPS) is 23.0. The number of hydrogen-bond donors (Lipinski definition) is 2. The first kappa shape index (κ1) is 11.1. The van der Waals surface area contributed by atoms with E-state index in [0.29, 0.717) is 5.82 Å². The van der Waals surface area contributed by atoms with E-state index in [9.17, 15) is 0 Å². The molecule has 1 saturated carbocycles. The number of anilines is 2. The number of nitrogens with zero attached hydrogens (tertiary/aromatic N) is 3. The summed E-state index contributed by atoms with van der Waals surface area (Å²) in [6.07, 6.45) is 1.33. The van der Waals surface area contributed by atoms with Crippen LogP contribution in [0.2, 0.25) is 0 Å². The summed E-state index contributed by atoms with van der Waals surface area (Å²) in [6.45, 7) is 5.22. The Kier molecular flexibility index (Phi) is 2.96. The third kappa shape index (κ3) is 2.41. The van der Waals surface area contributed by atoms with Crippen LogP contribution in [0, 0.1) is 18.8 Å². The zero-order valence-electron chi connectivity index (χ0n) is 10.1. The van der Waals surface area contributed by atoms with Crippen molar-refractivity contribution in [3.05, 3.63) is 11.9 Å². The molecule has 2 unspecified atom stereocenters. The molecule has 3 N–H and O–H groups in total. The van der Waals surface area contributed by atoms with Crippen LogP contribution in [0.4, 0.5) is 11.6 Å². The fourth-order valence-electron chi connectivity index (χ4n) is 1.92. The second kappa shape index (κ2) is 4.25. The molecule has 0 bridgehead atoms. The maximum atomic E-state index is 5.36. The molecule has 0 aromatic carbocycles. The van der Waals surface area contributed by atoms with Crippen LogP contribution in [0.3, 0.4) is 0 Å². The maximum absolute atomic E-state index is 5.36. The van der Waals surface area contributed by atoms with Gasteiger partial charge in [-0.25, -0.2) is 15.8 Å². The highest BCUT2D eigenvalue weighted by Crippen LogP contribution is 2.38. The third-order valence-corrected chi connectivity index (χ3v) is 3.15. The van der Waals surface area contributed by atoms with Crippen molar-refractivity contribution in [2.24, 2.45) is 17.7 Å². The van der Waals surface area contributed by atoms with Crippen LogP contribution < -0.4 is 16.2 Å². The van der Waals surface area contributed by atoms with Crippen LogP contribution in [-0.2, 0) is 0 Å². The number of nitrogen functional groups attached to an aromatic ring is 1. The number of aryl methyl sites for hydroxylation is 1. The fourth-order valence-corrected chi connectivity index (χ4v) is 1.92. The summed E-state index contributed by atoms with van der Waals surface area (Å²) in [4.78, 5) is 10.7. The van der Waals surface area contributed by atoms with E-state index in [-0.39, 0.29) is 0 Å². The van der Waals surface area contributed by atoms with E-state index in [4.69, 9.17) is 5.84 Å². The van der Waals surface area contributed by atoms with Gasteiger partial charge in [-0.05, 0) is 25.2 Å². The highest BCUT2D eigenvalue weighted by atomic mass is 15.3. The van der Waals surface area contributed by atoms with Gasteiger partial charge in [-0.2, -0.15) is 0 Å². The van der Waals surface area contributed by atoms with Crippen LogP contribution in [0.1, 0.15) is 19.2 Å². The summed E-state index contributed by atoms with van der Waals surface area (Å²) in [5, 5.41) is 0. The van der Waals surface area contributed by atoms with Gasteiger partial charge in [0.05, 0.1) is 0 Å². The first-order valence-electron chi connectivity index (χ1n) is 5.63. The van der Waals surface area contributed by atoms with E-state index < -0.39 is 0 Å². The summed E-state index contributed by atoms with van der Waals surface area (Å²) in [7, 11) is 2.06. The van der Waals surface area contributed by atoms with Crippen molar-refractivity contribution in [2.75, 3.05) is 23.9 Å². The molecule has 2 atom stereocenters. The van der Waals surface area contributed by atoms with Crippen LogP contribution in [0.5, 0.6) is 0 Å². The van der Waals surface area contributed by atoms with E-state index in [0.717, 1.165) is 30.0 Å². The lowest BCUT2D eigenvalue weighted by atomic mass is 10.3. The van der Waals surface area contributed by atoms with Crippen molar-refractivity contribution >= 4 is 11.6 Å². The molecule has 16 heavy (non-hydrogen) atoms. The monoisotopic (exact) mass is 221 g/mol. The lowest BCUT2D eigenvalue weighted by molar-refractivity contribution is 0.717. The van der Waals surface area contributed by atoms with Gasteiger partial charge in [0.1, 0.15) is 17.5 Å². The molecule has 1 aromatic rings.